The van der Waals surface area contributed by atoms with Crippen LogP contribution >= 0.6 is 0 Å². The van der Waals surface area contributed by atoms with Crippen molar-refractivity contribution in [2.24, 2.45) is 0 Å². The number of imide groups is 1. The van der Waals surface area contributed by atoms with Crippen LogP contribution in [0.1, 0.15) is 39.3 Å². The maximum Gasteiger partial charge on any atom is 0.262 e. The summed E-state index contributed by atoms with van der Waals surface area (Å²) in [7, 11) is 1.41. The Balaban J connectivity index is 2.29. The number of carbonyl (C=O) groups excluding carboxylic acids is 2. The van der Waals surface area contributed by atoms with Gasteiger partial charge in [0.2, 0.25) is 0 Å². The lowest BCUT2D eigenvalue weighted by atomic mass is 10.1. The zero-order chi connectivity index (χ0) is 17.6. The van der Waals surface area contributed by atoms with Crippen LogP contribution in [0.2, 0.25) is 0 Å². The summed E-state index contributed by atoms with van der Waals surface area (Å²) < 4.78 is 6.37. The molecule has 1 aliphatic rings. The second kappa shape index (κ2) is 5.50. The number of ether oxygens (including phenoxy) is 1. The number of benzene rings is 1. The minimum atomic E-state index is -0.717. The lowest BCUT2D eigenvalue weighted by molar-refractivity contribution is 0.0880. The number of fused-ring (bicyclic) bond motifs is 1. The Hall–Kier alpha value is -3.13. The average molecular weight is 329 g/mol. The minimum Gasteiger partial charge on any atom is -0.495 e. The van der Waals surface area contributed by atoms with E-state index in [-0.39, 0.29) is 16.9 Å². The van der Waals surface area contributed by atoms with Gasteiger partial charge in [-0.15, -0.1) is 0 Å². The van der Waals surface area contributed by atoms with Crippen molar-refractivity contribution in [2.75, 3.05) is 12.8 Å². The fraction of sp³-hybridized carbons (Fsp3) is 0.188. The highest BCUT2D eigenvalue weighted by Gasteiger charge is 2.32. The molecule has 8 heteroatoms. The van der Waals surface area contributed by atoms with E-state index in [1.54, 1.807) is 25.1 Å². The van der Waals surface area contributed by atoms with Crippen molar-refractivity contribution in [2.45, 2.75) is 13.0 Å². The Morgan fingerprint density at radius 3 is 2.54 bits per heavy atom. The number of nitrogens with zero attached hydrogens (tertiary/aromatic N) is 1. The summed E-state index contributed by atoms with van der Waals surface area (Å²) in [6.45, 7) is 1.60. The predicted octanol–water partition coefficient (Wildman–Crippen LogP) is 0.365. The first-order valence-electron chi connectivity index (χ1n) is 7.12. The van der Waals surface area contributed by atoms with Crippen LogP contribution in [0.15, 0.2) is 29.1 Å². The molecule has 8 nitrogen and oxygen atoms in total. The van der Waals surface area contributed by atoms with Gasteiger partial charge in [-0.25, -0.2) is 0 Å². The number of hydrogen-bond acceptors (Lipinski definition) is 6. The van der Waals surface area contributed by atoms with Crippen LogP contribution in [-0.4, -0.2) is 28.6 Å². The Morgan fingerprint density at radius 1 is 1.21 bits per heavy atom. The van der Waals surface area contributed by atoms with Crippen molar-refractivity contribution >= 4 is 17.6 Å². The first-order chi connectivity index (χ1) is 11.3. The third-order valence-electron chi connectivity index (χ3n) is 3.88. The number of aliphatic hydroxyl groups excluding tert-OH is 1. The average Bonchev–Trinajstić information content (AvgIpc) is 2.81. The topological polar surface area (TPSA) is 124 Å². The quantitative estimate of drug-likeness (QED) is 0.699. The van der Waals surface area contributed by atoms with Crippen molar-refractivity contribution in [1.82, 2.24) is 9.88 Å². The highest BCUT2D eigenvalue weighted by atomic mass is 16.5. The predicted molar refractivity (Wildman–Crippen MR) is 85.4 cm³/mol. The molecule has 1 aliphatic heterocycles. The molecule has 1 unspecified atom stereocenters. The highest BCUT2D eigenvalue weighted by molar-refractivity contribution is 6.23. The van der Waals surface area contributed by atoms with Crippen molar-refractivity contribution in [1.29, 1.82) is 0 Å². The molecule has 0 bridgehead atoms. The Labute approximate surface area is 136 Å². The fourth-order valence-electron chi connectivity index (χ4n) is 2.67. The number of aromatic nitrogens is 1. The molecule has 2 aromatic rings. The van der Waals surface area contributed by atoms with Gasteiger partial charge in [-0.3, -0.25) is 24.3 Å². The number of nitrogens with one attached hydrogen (secondary N) is 1. The van der Waals surface area contributed by atoms with Crippen LogP contribution in [-0.2, 0) is 0 Å². The van der Waals surface area contributed by atoms with E-state index >= 15 is 0 Å². The summed E-state index contributed by atoms with van der Waals surface area (Å²) >= 11 is 0. The van der Waals surface area contributed by atoms with Crippen LogP contribution in [0, 0.1) is 0 Å². The number of hydrogen-bond donors (Lipinski definition) is 3. The molecule has 0 radical (unpaired) electrons. The fourth-order valence-corrected chi connectivity index (χ4v) is 2.67. The van der Waals surface area contributed by atoms with Gasteiger partial charge in [0.25, 0.3) is 17.4 Å². The standard InChI is InChI=1S/C16H15N3O5/c1-7(20)8-3-4-10(11(5-8)24-2)19-12(21)6-9-13(14(19)17)16(23)18-15(9)22/h3-7,20H,17H2,1-2H3,(H,18,22,23). The van der Waals surface area contributed by atoms with Crippen LogP contribution in [0.25, 0.3) is 5.69 Å². The van der Waals surface area contributed by atoms with Gasteiger partial charge in [0.05, 0.1) is 30.0 Å². The monoisotopic (exact) mass is 329 g/mol. The molecule has 0 spiro atoms. The Kier molecular flexibility index (Phi) is 3.61. The number of nitrogens with two attached hydrogens (primary N) is 1. The summed E-state index contributed by atoms with van der Waals surface area (Å²) in [5.74, 6) is -1.15. The lowest BCUT2D eigenvalue weighted by Crippen LogP contribution is -2.24. The molecule has 1 aromatic heterocycles. The molecule has 0 aliphatic carbocycles. The Morgan fingerprint density at radius 2 is 1.92 bits per heavy atom. The number of aliphatic hydroxyl groups is 1. The number of methoxy groups -OCH3 is 1. The summed E-state index contributed by atoms with van der Waals surface area (Å²) in [4.78, 5) is 36.0. The minimum absolute atomic E-state index is 0.0405. The summed E-state index contributed by atoms with van der Waals surface area (Å²) in [5.41, 5.74) is 6.23. The third-order valence-corrected chi connectivity index (χ3v) is 3.88. The highest BCUT2D eigenvalue weighted by Crippen LogP contribution is 2.30. The van der Waals surface area contributed by atoms with E-state index in [1.165, 1.54) is 7.11 Å². The van der Waals surface area contributed by atoms with Gasteiger partial charge in [-0.05, 0) is 24.6 Å². The molecular formula is C16H15N3O5. The molecule has 0 saturated carbocycles. The van der Waals surface area contributed by atoms with Gasteiger partial charge in [0, 0.05) is 6.07 Å². The van der Waals surface area contributed by atoms with Crippen molar-refractivity contribution in [3.05, 3.63) is 51.3 Å². The van der Waals surface area contributed by atoms with Gasteiger partial charge in [0.15, 0.2) is 0 Å². The lowest BCUT2D eigenvalue weighted by Gasteiger charge is -2.16. The van der Waals surface area contributed by atoms with Gasteiger partial charge in [0.1, 0.15) is 11.6 Å². The number of rotatable bonds is 3. The normalized spacial score (nSPS) is 14.3. The maximum atomic E-state index is 12.4. The molecule has 0 saturated heterocycles. The molecule has 2 amide bonds. The number of nitrogen functional groups attached to an aromatic ring is 1. The SMILES string of the molecule is COc1cc(C(C)O)ccc1-n1c(N)c2c(cc1=O)C(=O)NC2=O. The van der Waals surface area contributed by atoms with E-state index in [1.807, 2.05) is 0 Å². The van der Waals surface area contributed by atoms with E-state index in [4.69, 9.17) is 10.5 Å². The summed E-state index contributed by atoms with van der Waals surface area (Å²) in [5, 5.41) is 11.8. The summed E-state index contributed by atoms with van der Waals surface area (Å²) in [6, 6.07) is 5.81. The van der Waals surface area contributed by atoms with Gasteiger partial charge in [-0.1, -0.05) is 6.07 Å². The van der Waals surface area contributed by atoms with Gasteiger partial charge in [-0.2, -0.15) is 0 Å². The molecule has 1 aromatic carbocycles. The number of amides is 2. The van der Waals surface area contributed by atoms with E-state index in [2.05, 4.69) is 5.32 Å². The van der Waals surface area contributed by atoms with E-state index in [0.29, 0.717) is 17.0 Å². The Bertz CT molecular complexity index is 930. The molecule has 124 valence electrons. The van der Waals surface area contributed by atoms with Crippen molar-refractivity contribution in [3.63, 3.8) is 0 Å². The number of carbonyl (C=O) groups is 2. The molecule has 1 atom stereocenters. The largest absolute Gasteiger partial charge is 0.495 e. The third kappa shape index (κ3) is 2.24. The smallest absolute Gasteiger partial charge is 0.262 e. The number of anilines is 1. The van der Waals surface area contributed by atoms with Crippen LogP contribution < -0.4 is 21.3 Å². The first-order valence-corrected chi connectivity index (χ1v) is 7.12. The zero-order valence-corrected chi connectivity index (χ0v) is 13.0. The molecule has 3 rings (SSSR count). The van der Waals surface area contributed by atoms with E-state index < -0.39 is 23.5 Å². The van der Waals surface area contributed by atoms with Crippen molar-refractivity contribution in [3.8, 4) is 11.4 Å². The van der Waals surface area contributed by atoms with Crippen LogP contribution in [0.3, 0.4) is 0 Å². The first kappa shape index (κ1) is 15.8. The van der Waals surface area contributed by atoms with E-state index in [0.717, 1.165) is 10.6 Å². The van der Waals surface area contributed by atoms with E-state index in [9.17, 15) is 19.5 Å². The van der Waals surface area contributed by atoms with Crippen molar-refractivity contribution < 1.29 is 19.4 Å². The molecule has 4 N–H and O–H groups in total. The molecular weight excluding hydrogens is 314 g/mol. The molecule has 24 heavy (non-hydrogen) atoms. The molecule has 2 heterocycles. The molecule has 0 fully saturated rings. The van der Waals surface area contributed by atoms with Crippen LogP contribution in [0.4, 0.5) is 5.82 Å². The zero-order valence-electron chi connectivity index (χ0n) is 13.0. The number of pyridine rings is 1. The second-order valence-electron chi connectivity index (χ2n) is 5.38. The maximum absolute atomic E-state index is 12.4. The second-order valence-corrected chi connectivity index (χ2v) is 5.38. The van der Waals surface area contributed by atoms with Gasteiger partial charge >= 0.3 is 0 Å². The summed E-state index contributed by atoms with van der Waals surface area (Å²) in [6.07, 6.45) is -0.717. The van der Waals surface area contributed by atoms with Crippen LogP contribution in [0.5, 0.6) is 5.75 Å². The van der Waals surface area contributed by atoms with Gasteiger partial charge < -0.3 is 15.6 Å².